The molecule has 1 aromatic heterocycles. The molecule has 21 heavy (non-hydrogen) atoms. The van der Waals surface area contributed by atoms with Gasteiger partial charge in [0.2, 0.25) is 0 Å². The number of aromatic amines is 1. The lowest BCUT2D eigenvalue weighted by atomic mass is 9.89. The number of nitrogens with zero attached hydrogens (tertiary/aromatic N) is 1. The van der Waals surface area contributed by atoms with Crippen molar-refractivity contribution in [3.63, 3.8) is 0 Å². The highest BCUT2D eigenvalue weighted by Crippen LogP contribution is 2.27. The highest BCUT2D eigenvalue weighted by Gasteiger charge is 2.19. The van der Waals surface area contributed by atoms with Crippen molar-refractivity contribution in [3.05, 3.63) is 44.8 Å². The maximum Gasteiger partial charge on any atom is 0.256 e. The molecule has 0 radical (unpaired) electrons. The fourth-order valence-electron chi connectivity index (χ4n) is 2.75. The lowest BCUT2D eigenvalue weighted by molar-refractivity contribution is 0.102. The van der Waals surface area contributed by atoms with E-state index in [-0.39, 0.29) is 5.91 Å². The van der Waals surface area contributed by atoms with Crippen molar-refractivity contribution in [2.75, 3.05) is 5.32 Å². The molecule has 0 spiro atoms. The Morgan fingerprint density at radius 1 is 0.857 bits per heavy atom. The van der Waals surface area contributed by atoms with Gasteiger partial charge in [0.15, 0.2) is 0 Å². The molecular formula is C17H23N3O. The normalized spacial score (nSPS) is 10.8. The van der Waals surface area contributed by atoms with Crippen molar-refractivity contribution in [3.8, 4) is 0 Å². The summed E-state index contributed by atoms with van der Waals surface area (Å²) in [6.07, 6.45) is 0. The molecule has 0 bridgehead atoms. The van der Waals surface area contributed by atoms with Crippen LogP contribution in [-0.4, -0.2) is 16.1 Å². The smallest absolute Gasteiger partial charge is 0.256 e. The fourth-order valence-corrected chi connectivity index (χ4v) is 2.75. The third kappa shape index (κ3) is 2.46. The SMILES string of the molecule is Cc1n[nH]c(C)c1NC(=O)c1c(C)c(C)c(C)c(C)c1C. The third-order valence-electron chi connectivity index (χ3n) is 4.59. The summed E-state index contributed by atoms with van der Waals surface area (Å²) >= 11 is 0. The number of nitrogens with one attached hydrogen (secondary N) is 2. The first-order valence-electron chi connectivity index (χ1n) is 7.15. The Balaban J connectivity index is 2.50. The molecule has 0 unspecified atom stereocenters. The van der Waals surface area contributed by atoms with Crippen LogP contribution < -0.4 is 5.32 Å². The van der Waals surface area contributed by atoms with Gasteiger partial charge >= 0.3 is 0 Å². The van der Waals surface area contributed by atoms with E-state index in [0.717, 1.165) is 33.8 Å². The zero-order valence-corrected chi connectivity index (χ0v) is 13.9. The van der Waals surface area contributed by atoms with Gasteiger partial charge in [-0.2, -0.15) is 5.10 Å². The average molecular weight is 285 g/mol. The maximum absolute atomic E-state index is 12.7. The molecule has 0 aliphatic heterocycles. The summed E-state index contributed by atoms with van der Waals surface area (Å²) in [5.41, 5.74) is 8.95. The Morgan fingerprint density at radius 3 is 1.76 bits per heavy atom. The number of carbonyl (C=O) groups is 1. The quantitative estimate of drug-likeness (QED) is 0.881. The van der Waals surface area contributed by atoms with Gasteiger partial charge in [0.05, 0.1) is 17.1 Å². The number of aryl methyl sites for hydroxylation is 2. The van der Waals surface area contributed by atoms with E-state index in [1.165, 1.54) is 16.7 Å². The molecule has 112 valence electrons. The van der Waals surface area contributed by atoms with Crippen LogP contribution in [0, 0.1) is 48.5 Å². The van der Waals surface area contributed by atoms with Gasteiger partial charge in [0.25, 0.3) is 5.91 Å². The predicted octanol–water partition coefficient (Wildman–Crippen LogP) is 3.82. The van der Waals surface area contributed by atoms with Gasteiger partial charge in [-0.3, -0.25) is 9.89 Å². The van der Waals surface area contributed by atoms with Crippen molar-refractivity contribution in [1.82, 2.24) is 10.2 Å². The lowest BCUT2D eigenvalue weighted by Crippen LogP contribution is -2.18. The number of aromatic nitrogens is 2. The molecular weight excluding hydrogens is 262 g/mol. The van der Waals surface area contributed by atoms with Crippen LogP contribution in [0.2, 0.25) is 0 Å². The van der Waals surface area contributed by atoms with Gasteiger partial charge in [-0.05, 0) is 76.3 Å². The van der Waals surface area contributed by atoms with Crippen molar-refractivity contribution < 1.29 is 4.79 Å². The summed E-state index contributed by atoms with van der Waals surface area (Å²) in [6, 6.07) is 0. The number of carbonyl (C=O) groups excluding carboxylic acids is 1. The van der Waals surface area contributed by atoms with E-state index in [0.29, 0.717) is 0 Å². The minimum Gasteiger partial charge on any atom is -0.319 e. The minimum atomic E-state index is -0.0659. The number of benzene rings is 1. The molecule has 0 saturated heterocycles. The Labute approximate surface area is 126 Å². The fraction of sp³-hybridized carbons (Fsp3) is 0.412. The van der Waals surface area contributed by atoms with E-state index in [4.69, 9.17) is 0 Å². The van der Waals surface area contributed by atoms with E-state index in [1.54, 1.807) is 0 Å². The monoisotopic (exact) mass is 285 g/mol. The molecule has 4 nitrogen and oxygen atoms in total. The van der Waals surface area contributed by atoms with Gasteiger partial charge in [-0.15, -0.1) is 0 Å². The number of amides is 1. The molecule has 1 heterocycles. The van der Waals surface area contributed by atoms with Crippen LogP contribution in [0.25, 0.3) is 0 Å². The highest BCUT2D eigenvalue weighted by molar-refractivity contribution is 6.07. The molecule has 0 fully saturated rings. The molecule has 2 rings (SSSR count). The largest absolute Gasteiger partial charge is 0.319 e. The van der Waals surface area contributed by atoms with E-state index in [2.05, 4.69) is 36.3 Å². The molecule has 1 amide bonds. The maximum atomic E-state index is 12.7. The Kier molecular flexibility index (Phi) is 3.90. The topological polar surface area (TPSA) is 57.8 Å². The van der Waals surface area contributed by atoms with Gasteiger partial charge in [-0.25, -0.2) is 0 Å². The highest BCUT2D eigenvalue weighted by atomic mass is 16.1. The predicted molar refractivity (Wildman–Crippen MR) is 86.1 cm³/mol. The van der Waals surface area contributed by atoms with Gasteiger partial charge < -0.3 is 5.32 Å². The summed E-state index contributed by atoms with van der Waals surface area (Å²) < 4.78 is 0. The van der Waals surface area contributed by atoms with Crippen molar-refractivity contribution >= 4 is 11.6 Å². The summed E-state index contributed by atoms with van der Waals surface area (Å²) in [5.74, 6) is -0.0659. The van der Waals surface area contributed by atoms with Crippen LogP contribution in [0.3, 0.4) is 0 Å². The van der Waals surface area contributed by atoms with E-state index in [9.17, 15) is 4.79 Å². The molecule has 0 atom stereocenters. The van der Waals surface area contributed by atoms with Crippen molar-refractivity contribution in [1.29, 1.82) is 0 Å². The van der Waals surface area contributed by atoms with Crippen LogP contribution in [0.15, 0.2) is 0 Å². The first-order valence-corrected chi connectivity index (χ1v) is 7.15. The molecule has 0 aliphatic carbocycles. The molecule has 4 heteroatoms. The van der Waals surface area contributed by atoms with Crippen molar-refractivity contribution in [2.45, 2.75) is 48.5 Å². The second-order valence-electron chi connectivity index (χ2n) is 5.76. The third-order valence-corrected chi connectivity index (χ3v) is 4.59. The Hall–Kier alpha value is -2.10. The van der Waals surface area contributed by atoms with Crippen LogP contribution in [0.5, 0.6) is 0 Å². The molecule has 0 saturated carbocycles. The van der Waals surface area contributed by atoms with E-state index < -0.39 is 0 Å². The summed E-state index contributed by atoms with van der Waals surface area (Å²) in [5, 5.41) is 10.0. The van der Waals surface area contributed by atoms with Crippen LogP contribution in [0.1, 0.15) is 49.6 Å². The minimum absolute atomic E-state index is 0.0659. The number of hydrogen-bond donors (Lipinski definition) is 2. The molecule has 2 N–H and O–H groups in total. The average Bonchev–Trinajstić information content (AvgIpc) is 2.75. The number of rotatable bonds is 2. The number of hydrogen-bond acceptors (Lipinski definition) is 2. The first kappa shape index (κ1) is 15.3. The lowest BCUT2D eigenvalue weighted by Gasteiger charge is -2.18. The first-order chi connectivity index (χ1) is 9.75. The zero-order valence-electron chi connectivity index (χ0n) is 13.9. The summed E-state index contributed by atoms with van der Waals surface area (Å²) in [4.78, 5) is 12.7. The Morgan fingerprint density at radius 2 is 1.33 bits per heavy atom. The second kappa shape index (κ2) is 5.35. The van der Waals surface area contributed by atoms with Crippen molar-refractivity contribution in [2.24, 2.45) is 0 Å². The molecule has 0 aliphatic rings. The zero-order chi connectivity index (χ0) is 15.9. The second-order valence-corrected chi connectivity index (χ2v) is 5.76. The Bertz CT molecular complexity index is 678. The standard InChI is InChI=1S/C17H23N3O/c1-8-9(2)11(4)15(12(5)10(8)3)17(21)18-16-13(6)19-20-14(16)7/h1-7H3,(H,18,21)(H,19,20). The van der Waals surface area contributed by atoms with E-state index >= 15 is 0 Å². The number of H-pyrrole nitrogens is 1. The number of anilines is 1. The van der Waals surface area contributed by atoms with Crippen LogP contribution in [0.4, 0.5) is 5.69 Å². The van der Waals surface area contributed by atoms with Gasteiger partial charge in [-0.1, -0.05) is 0 Å². The van der Waals surface area contributed by atoms with E-state index in [1.807, 2.05) is 27.7 Å². The van der Waals surface area contributed by atoms with Gasteiger partial charge in [0, 0.05) is 5.56 Å². The summed E-state index contributed by atoms with van der Waals surface area (Å²) in [6.45, 7) is 14.1. The molecule has 1 aromatic carbocycles. The van der Waals surface area contributed by atoms with Gasteiger partial charge in [0.1, 0.15) is 0 Å². The summed E-state index contributed by atoms with van der Waals surface area (Å²) in [7, 11) is 0. The van der Waals surface area contributed by atoms with Crippen LogP contribution in [-0.2, 0) is 0 Å². The molecule has 2 aromatic rings. The van der Waals surface area contributed by atoms with Crippen LogP contribution >= 0.6 is 0 Å².